The van der Waals surface area contributed by atoms with Crippen LogP contribution in [0.25, 0.3) is 10.9 Å². The Morgan fingerprint density at radius 3 is 2.94 bits per heavy atom. The van der Waals surface area contributed by atoms with Gasteiger partial charge in [0.15, 0.2) is 5.78 Å². The van der Waals surface area contributed by atoms with Crippen LogP contribution in [0.15, 0.2) is 24.4 Å². The second kappa shape index (κ2) is 3.30. The average molecular weight is 212 g/mol. The van der Waals surface area contributed by atoms with E-state index in [1.54, 1.807) is 6.20 Å². The molecule has 0 unspecified atom stereocenters. The van der Waals surface area contributed by atoms with Gasteiger partial charge in [-0.1, -0.05) is 6.07 Å². The number of pyridine rings is 1. The van der Waals surface area contributed by atoms with E-state index >= 15 is 0 Å². The highest BCUT2D eigenvalue weighted by atomic mass is 16.1. The summed E-state index contributed by atoms with van der Waals surface area (Å²) in [4.78, 5) is 16.2. The van der Waals surface area contributed by atoms with Gasteiger partial charge in [-0.2, -0.15) is 0 Å². The van der Waals surface area contributed by atoms with Crippen molar-refractivity contribution in [3.63, 3.8) is 0 Å². The van der Waals surface area contributed by atoms with Gasteiger partial charge in [0, 0.05) is 36.3 Å². The number of aromatic nitrogens is 1. The van der Waals surface area contributed by atoms with E-state index in [9.17, 15) is 4.79 Å². The molecule has 0 saturated heterocycles. The third kappa shape index (κ3) is 1.14. The van der Waals surface area contributed by atoms with E-state index in [4.69, 9.17) is 0 Å². The normalized spacial score (nSPS) is 14.2. The second-order valence-corrected chi connectivity index (χ2v) is 4.03. The zero-order valence-corrected chi connectivity index (χ0v) is 9.08. The SMILES string of the molecule is CNc1ccnc2ccc3c(c12)C(=O)CC3. The number of ketones is 1. The van der Waals surface area contributed by atoms with Crippen LogP contribution in [0.3, 0.4) is 0 Å². The number of rotatable bonds is 1. The molecule has 3 rings (SSSR count). The van der Waals surface area contributed by atoms with Gasteiger partial charge in [0.05, 0.1) is 5.52 Å². The van der Waals surface area contributed by atoms with Crippen LogP contribution in [0.5, 0.6) is 0 Å². The first kappa shape index (κ1) is 9.33. The number of aryl methyl sites for hydroxylation is 1. The number of Topliss-reactive ketones (excluding diaryl/α,β-unsaturated/α-hetero) is 1. The zero-order valence-electron chi connectivity index (χ0n) is 9.08. The number of carbonyl (C=O) groups is 1. The van der Waals surface area contributed by atoms with E-state index in [0.29, 0.717) is 6.42 Å². The minimum absolute atomic E-state index is 0.241. The van der Waals surface area contributed by atoms with E-state index in [1.165, 1.54) is 0 Å². The molecule has 16 heavy (non-hydrogen) atoms. The maximum Gasteiger partial charge on any atom is 0.164 e. The molecule has 0 amide bonds. The van der Waals surface area contributed by atoms with Gasteiger partial charge in [-0.25, -0.2) is 0 Å². The third-order valence-corrected chi connectivity index (χ3v) is 3.16. The lowest BCUT2D eigenvalue weighted by Gasteiger charge is -2.08. The third-order valence-electron chi connectivity index (χ3n) is 3.16. The smallest absolute Gasteiger partial charge is 0.164 e. The molecule has 0 fully saturated rings. The minimum Gasteiger partial charge on any atom is -0.388 e. The summed E-state index contributed by atoms with van der Waals surface area (Å²) in [5.74, 6) is 0.241. The molecule has 1 aliphatic rings. The standard InChI is InChI=1S/C13H12N2O/c1-14-9-6-7-15-10-4-2-8-3-5-11(16)12(8)13(9)10/h2,4,6-7H,3,5H2,1H3,(H,14,15). The van der Waals surface area contributed by atoms with Gasteiger partial charge in [-0.05, 0) is 24.1 Å². The highest BCUT2D eigenvalue weighted by molar-refractivity contribution is 6.14. The molecule has 3 nitrogen and oxygen atoms in total. The zero-order chi connectivity index (χ0) is 11.1. The molecular formula is C13H12N2O. The Hall–Kier alpha value is -1.90. The maximum atomic E-state index is 11.9. The van der Waals surface area contributed by atoms with E-state index < -0.39 is 0 Å². The van der Waals surface area contributed by atoms with Crippen molar-refractivity contribution < 1.29 is 4.79 Å². The Kier molecular flexibility index (Phi) is 1.93. The van der Waals surface area contributed by atoms with E-state index in [1.807, 2.05) is 25.2 Å². The van der Waals surface area contributed by atoms with Crippen molar-refractivity contribution in [2.75, 3.05) is 12.4 Å². The molecule has 2 aromatic rings. The monoisotopic (exact) mass is 212 g/mol. The summed E-state index contributed by atoms with van der Waals surface area (Å²) < 4.78 is 0. The van der Waals surface area contributed by atoms with Crippen LogP contribution in [0.1, 0.15) is 22.3 Å². The van der Waals surface area contributed by atoms with Crippen LogP contribution < -0.4 is 5.32 Å². The molecule has 3 heteroatoms. The topological polar surface area (TPSA) is 42.0 Å². The molecule has 0 aliphatic heterocycles. The van der Waals surface area contributed by atoms with Gasteiger partial charge in [-0.3, -0.25) is 9.78 Å². The Morgan fingerprint density at radius 1 is 1.25 bits per heavy atom. The number of hydrogen-bond donors (Lipinski definition) is 1. The van der Waals surface area contributed by atoms with Crippen molar-refractivity contribution in [2.24, 2.45) is 0 Å². The molecule has 1 aromatic carbocycles. The van der Waals surface area contributed by atoms with Gasteiger partial charge in [0.2, 0.25) is 0 Å². The van der Waals surface area contributed by atoms with Crippen molar-refractivity contribution in [3.05, 3.63) is 35.5 Å². The average Bonchev–Trinajstić information content (AvgIpc) is 2.70. The number of hydrogen-bond acceptors (Lipinski definition) is 3. The molecule has 1 N–H and O–H groups in total. The number of anilines is 1. The predicted molar refractivity (Wildman–Crippen MR) is 63.9 cm³/mol. The van der Waals surface area contributed by atoms with E-state index in [2.05, 4.69) is 10.3 Å². The molecule has 0 saturated carbocycles. The fourth-order valence-corrected chi connectivity index (χ4v) is 2.40. The van der Waals surface area contributed by atoms with Gasteiger partial charge < -0.3 is 5.32 Å². The second-order valence-electron chi connectivity index (χ2n) is 4.03. The number of carbonyl (C=O) groups excluding carboxylic acids is 1. The first-order chi connectivity index (χ1) is 7.81. The molecule has 0 radical (unpaired) electrons. The van der Waals surface area contributed by atoms with Crippen molar-refractivity contribution in [3.8, 4) is 0 Å². The Labute approximate surface area is 93.5 Å². The Bertz CT molecular complexity index is 590. The number of nitrogens with one attached hydrogen (secondary N) is 1. The number of nitrogens with zero attached hydrogens (tertiary/aromatic N) is 1. The Balaban J connectivity index is 2.46. The van der Waals surface area contributed by atoms with Crippen LogP contribution in [-0.2, 0) is 6.42 Å². The molecule has 1 aliphatic carbocycles. The summed E-state index contributed by atoms with van der Waals surface area (Å²) in [7, 11) is 1.87. The van der Waals surface area contributed by atoms with E-state index in [0.717, 1.165) is 34.1 Å². The van der Waals surface area contributed by atoms with Crippen molar-refractivity contribution in [2.45, 2.75) is 12.8 Å². The van der Waals surface area contributed by atoms with Crippen LogP contribution >= 0.6 is 0 Å². The molecule has 0 spiro atoms. The lowest BCUT2D eigenvalue weighted by atomic mass is 10.0. The number of fused-ring (bicyclic) bond motifs is 3. The summed E-state index contributed by atoms with van der Waals surface area (Å²) in [6.07, 6.45) is 3.26. The van der Waals surface area contributed by atoms with Gasteiger partial charge in [0.1, 0.15) is 0 Å². The summed E-state index contributed by atoms with van der Waals surface area (Å²) in [6, 6.07) is 5.93. The maximum absolute atomic E-state index is 11.9. The van der Waals surface area contributed by atoms with Crippen LogP contribution in [0, 0.1) is 0 Å². The van der Waals surface area contributed by atoms with Gasteiger partial charge >= 0.3 is 0 Å². The molecule has 80 valence electrons. The number of benzene rings is 1. The van der Waals surface area contributed by atoms with E-state index in [-0.39, 0.29) is 5.78 Å². The lowest BCUT2D eigenvalue weighted by Crippen LogP contribution is -1.98. The quantitative estimate of drug-likeness (QED) is 0.789. The summed E-state index contributed by atoms with van der Waals surface area (Å²) in [5.41, 5.74) is 3.90. The summed E-state index contributed by atoms with van der Waals surface area (Å²) in [5, 5.41) is 4.10. The van der Waals surface area contributed by atoms with Gasteiger partial charge in [0.25, 0.3) is 0 Å². The molecule has 0 atom stereocenters. The first-order valence-corrected chi connectivity index (χ1v) is 5.43. The minimum atomic E-state index is 0.241. The Morgan fingerprint density at radius 2 is 2.12 bits per heavy atom. The first-order valence-electron chi connectivity index (χ1n) is 5.43. The van der Waals surface area contributed by atoms with Gasteiger partial charge in [-0.15, -0.1) is 0 Å². The summed E-state index contributed by atoms with van der Waals surface area (Å²) in [6.45, 7) is 0. The van der Waals surface area contributed by atoms with Crippen molar-refractivity contribution in [1.82, 2.24) is 4.98 Å². The predicted octanol–water partition coefficient (Wildman–Crippen LogP) is 2.41. The molecule has 1 heterocycles. The highest BCUT2D eigenvalue weighted by Crippen LogP contribution is 2.33. The lowest BCUT2D eigenvalue weighted by molar-refractivity contribution is 0.0996. The van der Waals surface area contributed by atoms with Crippen LogP contribution in [0.4, 0.5) is 5.69 Å². The molecule has 1 aromatic heterocycles. The largest absolute Gasteiger partial charge is 0.388 e. The fourth-order valence-electron chi connectivity index (χ4n) is 2.40. The van der Waals surface area contributed by atoms with Crippen LogP contribution in [0.2, 0.25) is 0 Å². The van der Waals surface area contributed by atoms with Crippen LogP contribution in [-0.4, -0.2) is 17.8 Å². The molecule has 0 bridgehead atoms. The highest BCUT2D eigenvalue weighted by Gasteiger charge is 2.23. The van der Waals surface area contributed by atoms with Crippen molar-refractivity contribution in [1.29, 1.82) is 0 Å². The molecular weight excluding hydrogens is 200 g/mol. The fraction of sp³-hybridized carbons (Fsp3) is 0.231. The summed E-state index contributed by atoms with van der Waals surface area (Å²) >= 11 is 0. The van der Waals surface area contributed by atoms with Crippen molar-refractivity contribution >= 4 is 22.4 Å².